The summed E-state index contributed by atoms with van der Waals surface area (Å²) in [6.45, 7) is 4.93. The number of esters is 2. The highest BCUT2D eigenvalue weighted by Crippen LogP contribution is 2.22. The Morgan fingerprint density at radius 3 is 2.67 bits per heavy atom. The van der Waals surface area contributed by atoms with Crippen LogP contribution in [0.5, 0.6) is 5.75 Å². The van der Waals surface area contributed by atoms with Crippen LogP contribution in [0.25, 0.3) is 0 Å². The number of nitrogens with one attached hydrogen (secondary N) is 1. The number of carbonyl (C=O) groups is 2. The van der Waals surface area contributed by atoms with Gasteiger partial charge in [-0.05, 0) is 24.6 Å². The Hall–Kier alpha value is -2.16. The number of hydrogen-bond donors (Lipinski definition) is 1. The first-order chi connectivity index (χ1) is 13.1. The second-order valence-corrected chi connectivity index (χ2v) is 6.62. The summed E-state index contributed by atoms with van der Waals surface area (Å²) in [4.78, 5) is 26.2. The molecule has 148 valence electrons. The topological polar surface area (TPSA) is 86.3 Å². The molecule has 0 bridgehead atoms. The molecule has 27 heavy (non-hydrogen) atoms. The van der Waals surface area contributed by atoms with Crippen molar-refractivity contribution in [3.63, 3.8) is 0 Å². The monoisotopic (exact) mass is 378 g/mol. The fourth-order valence-corrected chi connectivity index (χ4v) is 3.59. The molecule has 0 spiro atoms. The molecular formula is C19H26N2O6. The predicted molar refractivity (Wildman–Crippen MR) is 97.2 cm³/mol. The molecule has 2 fully saturated rings. The Kier molecular flexibility index (Phi) is 6.65. The van der Waals surface area contributed by atoms with Crippen molar-refractivity contribution in [3.8, 4) is 5.75 Å². The number of carbonyl (C=O) groups excluding carboxylic acids is 2. The second-order valence-electron chi connectivity index (χ2n) is 6.62. The van der Waals surface area contributed by atoms with Gasteiger partial charge in [-0.2, -0.15) is 0 Å². The highest BCUT2D eigenvalue weighted by molar-refractivity contribution is 6.03. The van der Waals surface area contributed by atoms with Gasteiger partial charge in [0.05, 0.1) is 38.1 Å². The first-order valence-electron chi connectivity index (χ1n) is 9.12. The zero-order valence-electron chi connectivity index (χ0n) is 15.7. The molecule has 8 nitrogen and oxygen atoms in total. The van der Waals surface area contributed by atoms with Crippen LogP contribution >= 0.6 is 0 Å². The molecule has 1 aromatic carbocycles. The van der Waals surface area contributed by atoms with Crippen LogP contribution in [0.4, 0.5) is 0 Å². The first kappa shape index (κ1) is 19.6. The summed E-state index contributed by atoms with van der Waals surface area (Å²) in [6.07, 6.45) is 1.26. The lowest BCUT2D eigenvalue weighted by Gasteiger charge is -2.29. The first-order valence-corrected chi connectivity index (χ1v) is 9.12. The fourth-order valence-electron chi connectivity index (χ4n) is 3.59. The molecule has 3 rings (SSSR count). The fraction of sp³-hybridized carbons (Fsp3) is 0.579. The van der Waals surface area contributed by atoms with Crippen molar-refractivity contribution in [2.24, 2.45) is 0 Å². The Bertz CT molecular complexity index is 666. The van der Waals surface area contributed by atoms with Crippen LogP contribution in [0.3, 0.4) is 0 Å². The molecule has 0 unspecified atom stereocenters. The summed E-state index contributed by atoms with van der Waals surface area (Å²) in [7, 11) is 2.52. The minimum Gasteiger partial charge on any atom is -0.491 e. The van der Waals surface area contributed by atoms with Crippen LogP contribution in [0, 0.1) is 0 Å². The smallest absolute Gasteiger partial charge is 0.338 e. The van der Waals surface area contributed by atoms with Crippen molar-refractivity contribution >= 4 is 11.9 Å². The summed E-state index contributed by atoms with van der Waals surface area (Å²) in [5.41, 5.74) is 0.257. The molecular weight excluding hydrogens is 352 g/mol. The van der Waals surface area contributed by atoms with E-state index in [1.54, 1.807) is 6.07 Å². The number of hydrogen-bond acceptors (Lipinski definition) is 8. The molecule has 0 amide bonds. The van der Waals surface area contributed by atoms with Crippen LogP contribution in [0.15, 0.2) is 18.2 Å². The van der Waals surface area contributed by atoms with Gasteiger partial charge < -0.3 is 24.3 Å². The Balaban J connectivity index is 1.50. The average Bonchev–Trinajstić information content (AvgIpc) is 3.12. The molecule has 2 saturated heterocycles. The van der Waals surface area contributed by atoms with Gasteiger partial charge in [0.15, 0.2) is 0 Å². The zero-order chi connectivity index (χ0) is 19.2. The predicted octanol–water partition coefficient (Wildman–Crippen LogP) is 0.701. The SMILES string of the molecule is COC(=O)c1ccc(OCCO[C@@H]2C[C@H]3CNCCN3C2)cc1C(=O)OC. The van der Waals surface area contributed by atoms with E-state index in [1.807, 2.05) is 0 Å². The molecule has 8 heteroatoms. The molecule has 2 aliphatic heterocycles. The molecule has 0 aliphatic carbocycles. The van der Waals surface area contributed by atoms with Crippen molar-refractivity contribution < 1.29 is 28.5 Å². The standard InChI is InChI=1S/C19H26N2O6/c1-24-18(22)16-4-3-14(10-17(16)19(23)25-2)26-7-8-27-15-9-13-11-20-5-6-21(13)12-15/h3-4,10,13,15,20H,5-9,11-12H2,1-2H3/t13-,15+/m0/s1. The zero-order valence-corrected chi connectivity index (χ0v) is 15.7. The second kappa shape index (κ2) is 9.16. The Morgan fingerprint density at radius 1 is 1.15 bits per heavy atom. The van der Waals surface area contributed by atoms with Gasteiger partial charge >= 0.3 is 11.9 Å². The molecule has 0 aromatic heterocycles. The van der Waals surface area contributed by atoms with Gasteiger partial charge in [-0.1, -0.05) is 0 Å². The lowest BCUT2D eigenvalue weighted by Crippen LogP contribution is -2.47. The number of ether oxygens (including phenoxy) is 4. The third kappa shape index (κ3) is 4.77. The van der Waals surface area contributed by atoms with Crippen molar-refractivity contribution in [2.45, 2.75) is 18.6 Å². The van der Waals surface area contributed by atoms with Crippen LogP contribution in [0.1, 0.15) is 27.1 Å². The van der Waals surface area contributed by atoms with Gasteiger partial charge in [0.25, 0.3) is 0 Å². The van der Waals surface area contributed by atoms with E-state index in [0.29, 0.717) is 25.0 Å². The normalized spacial score (nSPS) is 22.1. The number of rotatable bonds is 7. The summed E-state index contributed by atoms with van der Waals surface area (Å²) < 4.78 is 21.0. The van der Waals surface area contributed by atoms with E-state index in [4.69, 9.17) is 18.9 Å². The van der Waals surface area contributed by atoms with E-state index in [1.165, 1.54) is 26.4 Å². The maximum atomic E-state index is 11.9. The van der Waals surface area contributed by atoms with Crippen LogP contribution in [0.2, 0.25) is 0 Å². The van der Waals surface area contributed by atoms with Crippen molar-refractivity contribution in [2.75, 3.05) is 53.6 Å². The molecule has 2 atom stereocenters. The molecule has 1 aromatic rings. The van der Waals surface area contributed by atoms with Gasteiger partial charge in [0, 0.05) is 32.2 Å². The minimum atomic E-state index is -0.617. The van der Waals surface area contributed by atoms with Crippen LogP contribution in [-0.4, -0.2) is 82.6 Å². The van der Waals surface area contributed by atoms with E-state index in [0.717, 1.165) is 32.6 Å². The highest BCUT2D eigenvalue weighted by Gasteiger charge is 2.33. The molecule has 2 heterocycles. The van der Waals surface area contributed by atoms with E-state index in [2.05, 4.69) is 10.2 Å². The summed E-state index contributed by atoms with van der Waals surface area (Å²) in [5, 5.41) is 3.41. The maximum absolute atomic E-state index is 11.9. The number of methoxy groups -OCH3 is 2. The van der Waals surface area contributed by atoms with Gasteiger partial charge in [0.1, 0.15) is 12.4 Å². The van der Waals surface area contributed by atoms with E-state index in [-0.39, 0.29) is 17.2 Å². The van der Waals surface area contributed by atoms with E-state index >= 15 is 0 Å². The van der Waals surface area contributed by atoms with Gasteiger partial charge in [-0.3, -0.25) is 4.90 Å². The van der Waals surface area contributed by atoms with Crippen molar-refractivity contribution in [1.82, 2.24) is 10.2 Å². The third-order valence-electron chi connectivity index (χ3n) is 4.95. The number of piperazine rings is 1. The number of fused-ring (bicyclic) bond motifs is 1. The van der Waals surface area contributed by atoms with E-state index < -0.39 is 11.9 Å². The summed E-state index contributed by atoms with van der Waals surface area (Å²) >= 11 is 0. The van der Waals surface area contributed by atoms with Gasteiger partial charge in [-0.25, -0.2) is 9.59 Å². The van der Waals surface area contributed by atoms with Gasteiger partial charge in [-0.15, -0.1) is 0 Å². The van der Waals surface area contributed by atoms with Crippen molar-refractivity contribution in [3.05, 3.63) is 29.3 Å². The van der Waals surface area contributed by atoms with Crippen LogP contribution in [-0.2, 0) is 14.2 Å². The molecule has 2 aliphatic rings. The maximum Gasteiger partial charge on any atom is 0.338 e. The molecule has 1 N–H and O–H groups in total. The number of nitrogens with zero attached hydrogens (tertiary/aromatic N) is 1. The lowest BCUT2D eigenvalue weighted by molar-refractivity contribution is 0.0393. The molecule has 0 saturated carbocycles. The van der Waals surface area contributed by atoms with Gasteiger partial charge in [0.2, 0.25) is 0 Å². The number of benzene rings is 1. The third-order valence-corrected chi connectivity index (χ3v) is 4.95. The summed E-state index contributed by atoms with van der Waals surface area (Å²) in [5.74, 6) is -0.745. The Morgan fingerprint density at radius 2 is 1.93 bits per heavy atom. The quantitative estimate of drug-likeness (QED) is 0.548. The van der Waals surface area contributed by atoms with E-state index in [9.17, 15) is 9.59 Å². The van der Waals surface area contributed by atoms with Crippen molar-refractivity contribution in [1.29, 1.82) is 0 Å². The molecule has 0 radical (unpaired) electrons. The minimum absolute atomic E-state index is 0.114. The lowest BCUT2D eigenvalue weighted by atomic mass is 10.1. The summed E-state index contributed by atoms with van der Waals surface area (Å²) in [6, 6.07) is 5.17. The average molecular weight is 378 g/mol. The highest BCUT2D eigenvalue weighted by atomic mass is 16.5. The Labute approximate surface area is 158 Å². The van der Waals surface area contributed by atoms with Crippen LogP contribution < -0.4 is 10.1 Å². The largest absolute Gasteiger partial charge is 0.491 e.